The molecule has 0 atom stereocenters. The normalized spacial score (nSPS) is 20.5. The van der Waals surface area contributed by atoms with Crippen LogP contribution in [-0.4, -0.2) is 36.1 Å². The second-order valence-corrected chi connectivity index (χ2v) is 5.77. The number of amides is 1. The van der Waals surface area contributed by atoms with Crippen LogP contribution in [0.25, 0.3) is 6.08 Å². The lowest BCUT2D eigenvalue weighted by atomic mass is 10.1. The average Bonchev–Trinajstić information content (AvgIpc) is 3.19. The van der Waals surface area contributed by atoms with Gasteiger partial charge >= 0.3 is 0 Å². The highest BCUT2D eigenvalue weighted by molar-refractivity contribution is 7.80. The molecule has 1 saturated carbocycles. The summed E-state index contributed by atoms with van der Waals surface area (Å²) in [5.74, 6) is -0.00538. The summed E-state index contributed by atoms with van der Waals surface area (Å²) in [6.07, 6.45) is 3.97. The molecule has 0 unspecified atom stereocenters. The summed E-state index contributed by atoms with van der Waals surface area (Å²) >= 11 is 5.23. The third-order valence-corrected chi connectivity index (χ3v) is 3.84. The molecule has 1 heterocycles. The Hall–Kier alpha value is -1.88. The number of carbonyl (C=O) groups is 1. The first-order valence-corrected chi connectivity index (χ1v) is 7.11. The van der Waals surface area contributed by atoms with E-state index < -0.39 is 0 Å². The number of thiocarbonyl (C=S) groups is 1. The minimum Gasteiger partial charge on any atom is -0.378 e. The van der Waals surface area contributed by atoms with Crippen molar-refractivity contribution in [1.82, 2.24) is 10.2 Å². The van der Waals surface area contributed by atoms with Gasteiger partial charge in [-0.1, -0.05) is 12.1 Å². The quantitative estimate of drug-likeness (QED) is 0.681. The summed E-state index contributed by atoms with van der Waals surface area (Å²) in [6, 6.07) is 8.37. The highest BCUT2D eigenvalue weighted by atomic mass is 32.1. The van der Waals surface area contributed by atoms with Crippen LogP contribution in [0.15, 0.2) is 30.0 Å². The van der Waals surface area contributed by atoms with E-state index in [-0.39, 0.29) is 5.91 Å². The van der Waals surface area contributed by atoms with Crippen molar-refractivity contribution in [3.63, 3.8) is 0 Å². The third kappa shape index (κ3) is 2.41. The zero-order chi connectivity index (χ0) is 14.3. The molecule has 104 valence electrons. The topological polar surface area (TPSA) is 35.6 Å². The van der Waals surface area contributed by atoms with E-state index in [1.807, 2.05) is 49.3 Å². The maximum atomic E-state index is 12.3. The van der Waals surface area contributed by atoms with Crippen molar-refractivity contribution >= 4 is 35.0 Å². The highest BCUT2D eigenvalue weighted by Crippen LogP contribution is 2.31. The van der Waals surface area contributed by atoms with Gasteiger partial charge in [0.25, 0.3) is 5.91 Å². The molecule has 1 N–H and O–H groups in total. The number of hydrogen-bond donors (Lipinski definition) is 1. The minimum absolute atomic E-state index is 0.00538. The maximum absolute atomic E-state index is 12.3. The first-order chi connectivity index (χ1) is 9.56. The van der Waals surface area contributed by atoms with Crippen molar-refractivity contribution in [2.45, 2.75) is 18.9 Å². The van der Waals surface area contributed by atoms with E-state index >= 15 is 0 Å². The van der Waals surface area contributed by atoms with Gasteiger partial charge in [-0.15, -0.1) is 0 Å². The Morgan fingerprint density at radius 1 is 1.30 bits per heavy atom. The van der Waals surface area contributed by atoms with Crippen LogP contribution < -0.4 is 10.2 Å². The summed E-state index contributed by atoms with van der Waals surface area (Å²) in [5, 5.41) is 3.56. The molecule has 1 aromatic carbocycles. The summed E-state index contributed by atoms with van der Waals surface area (Å²) < 4.78 is 0. The fraction of sp³-hybridized carbons (Fsp3) is 0.333. The molecule has 1 amide bonds. The first kappa shape index (κ1) is 13.1. The molecule has 0 spiro atoms. The molecule has 3 rings (SSSR count). The van der Waals surface area contributed by atoms with Crippen molar-refractivity contribution in [2.75, 3.05) is 19.0 Å². The SMILES string of the molecule is CN(C)c1ccc(/C=C2/NC(=S)N(C3CC3)C2=O)cc1. The van der Waals surface area contributed by atoms with Crippen molar-refractivity contribution in [2.24, 2.45) is 0 Å². The van der Waals surface area contributed by atoms with Crippen LogP contribution in [0.4, 0.5) is 5.69 Å². The summed E-state index contributed by atoms with van der Waals surface area (Å²) in [6.45, 7) is 0. The summed E-state index contributed by atoms with van der Waals surface area (Å²) in [5.41, 5.74) is 2.69. The number of carbonyl (C=O) groups excluding carboxylic acids is 1. The molecule has 0 bridgehead atoms. The molecule has 4 nitrogen and oxygen atoms in total. The predicted octanol–water partition coefficient (Wildman–Crippen LogP) is 1.97. The van der Waals surface area contributed by atoms with Crippen LogP contribution >= 0.6 is 12.2 Å². The van der Waals surface area contributed by atoms with E-state index in [0.717, 1.165) is 24.1 Å². The number of nitrogens with one attached hydrogen (secondary N) is 1. The third-order valence-electron chi connectivity index (χ3n) is 3.54. The lowest BCUT2D eigenvalue weighted by Gasteiger charge is -2.12. The Balaban J connectivity index is 1.81. The van der Waals surface area contributed by atoms with Crippen LogP contribution in [0.3, 0.4) is 0 Å². The monoisotopic (exact) mass is 287 g/mol. The number of nitrogens with zero attached hydrogens (tertiary/aromatic N) is 2. The fourth-order valence-electron chi connectivity index (χ4n) is 2.25. The average molecular weight is 287 g/mol. The molecule has 0 radical (unpaired) electrons. The highest BCUT2D eigenvalue weighted by Gasteiger charge is 2.41. The van der Waals surface area contributed by atoms with Gasteiger partial charge in [0.05, 0.1) is 0 Å². The van der Waals surface area contributed by atoms with Crippen LogP contribution in [0, 0.1) is 0 Å². The van der Waals surface area contributed by atoms with E-state index in [1.165, 1.54) is 0 Å². The van der Waals surface area contributed by atoms with E-state index in [2.05, 4.69) is 5.32 Å². The Bertz CT molecular complexity index is 588. The lowest BCUT2D eigenvalue weighted by Crippen LogP contribution is -2.32. The van der Waals surface area contributed by atoms with Gasteiger partial charge in [-0.3, -0.25) is 9.69 Å². The van der Waals surface area contributed by atoms with Gasteiger partial charge in [-0.05, 0) is 48.8 Å². The Kier molecular flexibility index (Phi) is 3.22. The van der Waals surface area contributed by atoms with Crippen LogP contribution in [-0.2, 0) is 4.79 Å². The molecule has 0 aromatic heterocycles. The van der Waals surface area contributed by atoms with Crippen molar-refractivity contribution in [3.8, 4) is 0 Å². The largest absolute Gasteiger partial charge is 0.378 e. The van der Waals surface area contributed by atoms with E-state index in [9.17, 15) is 4.79 Å². The van der Waals surface area contributed by atoms with Crippen molar-refractivity contribution < 1.29 is 4.79 Å². The number of anilines is 1. The molecule has 20 heavy (non-hydrogen) atoms. The zero-order valence-electron chi connectivity index (χ0n) is 11.6. The van der Waals surface area contributed by atoms with Gasteiger partial charge in [-0.25, -0.2) is 0 Å². The van der Waals surface area contributed by atoms with Crippen LogP contribution in [0.1, 0.15) is 18.4 Å². The number of hydrogen-bond acceptors (Lipinski definition) is 3. The lowest BCUT2D eigenvalue weighted by molar-refractivity contribution is -0.122. The van der Waals surface area contributed by atoms with Gasteiger partial charge in [0.15, 0.2) is 5.11 Å². The molecule has 2 fully saturated rings. The number of rotatable bonds is 3. The van der Waals surface area contributed by atoms with Crippen LogP contribution in [0.2, 0.25) is 0 Å². The molecule has 5 heteroatoms. The Morgan fingerprint density at radius 3 is 2.50 bits per heavy atom. The molecule has 1 aliphatic carbocycles. The van der Waals surface area contributed by atoms with Crippen molar-refractivity contribution in [3.05, 3.63) is 35.5 Å². The van der Waals surface area contributed by atoms with Crippen LogP contribution in [0.5, 0.6) is 0 Å². The standard InChI is InChI=1S/C15H17N3OS/c1-17(2)11-5-3-10(4-6-11)9-13-14(19)18(12-7-8-12)15(20)16-13/h3-6,9,12H,7-8H2,1-2H3,(H,16,20)/b13-9+. The second-order valence-electron chi connectivity index (χ2n) is 5.38. The fourth-order valence-corrected chi connectivity index (χ4v) is 2.59. The van der Waals surface area contributed by atoms with Crippen molar-refractivity contribution in [1.29, 1.82) is 0 Å². The molecule has 1 aromatic rings. The van der Waals surface area contributed by atoms with Gasteiger partial charge in [0.1, 0.15) is 5.70 Å². The molecule has 2 aliphatic rings. The Morgan fingerprint density at radius 2 is 1.95 bits per heavy atom. The zero-order valence-corrected chi connectivity index (χ0v) is 12.4. The molecule has 1 aliphatic heterocycles. The maximum Gasteiger partial charge on any atom is 0.276 e. The smallest absolute Gasteiger partial charge is 0.276 e. The Labute approximate surface area is 124 Å². The molecule has 1 saturated heterocycles. The van der Waals surface area contributed by atoms with E-state index in [4.69, 9.17) is 12.2 Å². The molecular weight excluding hydrogens is 270 g/mol. The van der Waals surface area contributed by atoms with E-state index in [0.29, 0.717) is 16.9 Å². The van der Waals surface area contributed by atoms with Gasteiger partial charge in [-0.2, -0.15) is 0 Å². The number of benzene rings is 1. The molecular formula is C15H17N3OS. The predicted molar refractivity (Wildman–Crippen MR) is 84.3 cm³/mol. The van der Waals surface area contributed by atoms with E-state index in [1.54, 1.807) is 4.90 Å². The van der Waals surface area contributed by atoms with Gasteiger partial charge in [0, 0.05) is 25.8 Å². The first-order valence-electron chi connectivity index (χ1n) is 6.70. The summed E-state index contributed by atoms with van der Waals surface area (Å²) in [7, 11) is 4.00. The van der Waals surface area contributed by atoms with Gasteiger partial charge in [0.2, 0.25) is 0 Å². The minimum atomic E-state index is -0.00538. The van der Waals surface area contributed by atoms with Gasteiger partial charge < -0.3 is 10.2 Å². The summed E-state index contributed by atoms with van der Waals surface area (Å²) in [4.78, 5) is 16.0. The second kappa shape index (κ2) is 4.90.